The zero-order chi connectivity index (χ0) is 37.2. The van der Waals surface area contributed by atoms with Gasteiger partial charge in [0.05, 0.1) is 33.7 Å². The van der Waals surface area contributed by atoms with Crippen molar-refractivity contribution >= 4 is 54.4 Å². The highest BCUT2D eigenvalue weighted by molar-refractivity contribution is 6.33. The fourth-order valence-corrected chi connectivity index (χ4v) is 9.04. The van der Waals surface area contributed by atoms with Gasteiger partial charge in [-0.25, -0.2) is 0 Å². The fraction of sp³-hybridized carbons (Fsp3) is 0. The van der Waals surface area contributed by atoms with Gasteiger partial charge < -0.3 is 9.13 Å². The largest absolute Gasteiger partial charge is 0.309 e. The summed E-state index contributed by atoms with van der Waals surface area (Å²) in [4.78, 5) is 0. The first-order valence-corrected chi connectivity index (χ1v) is 19.0. The van der Waals surface area contributed by atoms with E-state index in [1.165, 1.54) is 49.3 Å². The summed E-state index contributed by atoms with van der Waals surface area (Å²) in [6.07, 6.45) is 0. The predicted octanol–water partition coefficient (Wildman–Crippen LogP) is 13.9. The van der Waals surface area contributed by atoms with Crippen LogP contribution in [0.1, 0.15) is 5.56 Å². The van der Waals surface area contributed by atoms with Gasteiger partial charge in [0.1, 0.15) is 0 Å². The van der Waals surface area contributed by atoms with Crippen molar-refractivity contribution in [1.29, 1.82) is 5.26 Å². The molecule has 0 bridgehead atoms. The van der Waals surface area contributed by atoms with Crippen molar-refractivity contribution in [3.8, 4) is 50.8 Å². The van der Waals surface area contributed by atoms with Gasteiger partial charge in [0.25, 0.3) is 0 Å². The van der Waals surface area contributed by atoms with Gasteiger partial charge in [0, 0.05) is 49.4 Å². The Morgan fingerprint density at radius 2 is 0.804 bits per heavy atom. The van der Waals surface area contributed by atoms with Crippen LogP contribution in [0, 0.1) is 11.3 Å². The van der Waals surface area contributed by atoms with Crippen molar-refractivity contribution in [2.24, 2.45) is 0 Å². The summed E-state index contributed by atoms with van der Waals surface area (Å²) in [5.74, 6) is 0. The van der Waals surface area contributed by atoms with Crippen molar-refractivity contribution in [3.63, 3.8) is 0 Å². The molecule has 3 heteroatoms. The van der Waals surface area contributed by atoms with Gasteiger partial charge in [-0.2, -0.15) is 5.26 Å². The lowest BCUT2D eigenvalue weighted by molar-refractivity contribution is 1.18. The summed E-state index contributed by atoms with van der Waals surface area (Å²) in [6, 6.07) is 73.9. The van der Waals surface area contributed by atoms with Gasteiger partial charge >= 0.3 is 0 Å². The van der Waals surface area contributed by atoms with Gasteiger partial charge in [0.2, 0.25) is 0 Å². The van der Waals surface area contributed by atoms with Crippen LogP contribution in [0.3, 0.4) is 0 Å². The minimum absolute atomic E-state index is 0.684. The van der Waals surface area contributed by atoms with E-state index in [1.54, 1.807) is 0 Å². The third-order valence-corrected chi connectivity index (χ3v) is 11.3. The molecule has 0 radical (unpaired) electrons. The zero-order valence-corrected chi connectivity index (χ0v) is 30.4. The van der Waals surface area contributed by atoms with Crippen molar-refractivity contribution in [3.05, 3.63) is 206 Å². The van der Waals surface area contributed by atoms with Crippen molar-refractivity contribution < 1.29 is 0 Å². The molecule has 11 rings (SSSR count). The van der Waals surface area contributed by atoms with Crippen LogP contribution >= 0.6 is 0 Å². The Morgan fingerprint density at radius 1 is 0.357 bits per heavy atom. The molecule has 0 aliphatic heterocycles. The lowest BCUT2D eigenvalue weighted by Gasteiger charge is -2.18. The number of para-hydroxylation sites is 4. The van der Waals surface area contributed by atoms with Gasteiger partial charge in [-0.15, -0.1) is 0 Å². The lowest BCUT2D eigenvalue weighted by Crippen LogP contribution is -1.99. The SMILES string of the molecule is N#Cc1cccc2cccc(-c3ccc(-c4c5c6ccccc6n(-c6ccccc6)c5c(-c5ccccc5)c5c6ccccc6n(-c6ccccc6)c45)cc3)c12. The first kappa shape index (κ1) is 31.8. The molecule has 0 N–H and O–H groups in total. The maximum absolute atomic E-state index is 10.1. The van der Waals surface area contributed by atoms with Gasteiger partial charge in [-0.1, -0.05) is 158 Å². The van der Waals surface area contributed by atoms with Gasteiger partial charge in [-0.3, -0.25) is 0 Å². The van der Waals surface area contributed by atoms with E-state index in [4.69, 9.17) is 0 Å². The van der Waals surface area contributed by atoms with E-state index >= 15 is 0 Å². The highest BCUT2D eigenvalue weighted by Crippen LogP contribution is 2.52. The smallest absolute Gasteiger partial charge is 0.0998 e. The van der Waals surface area contributed by atoms with Crippen LogP contribution in [-0.4, -0.2) is 9.13 Å². The Kier molecular flexibility index (Phi) is 7.23. The maximum Gasteiger partial charge on any atom is 0.0998 e. The Morgan fingerprint density at radius 3 is 1.34 bits per heavy atom. The van der Waals surface area contributed by atoms with Gasteiger partial charge in [0.15, 0.2) is 0 Å². The minimum Gasteiger partial charge on any atom is -0.309 e. The van der Waals surface area contributed by atoms with E-state index in [2.05, 4.69) is 203 Å². The molecule has 0 fully saturated rings. The number of nitriles is 1. The number of hydrogen-bond acceptors (Lipinski definition) is 1. The first-order chi connectivity index (χ1) is 27.8. The Balaban J connectivity index is 1.36. The highest BCUT2D eigenvalue weighted by atomic mass is 15.0. The van der Waals surface area contributed by atoms with Crippen molar-refractivity contribution in [2.75, 3.05) is 0 Å². The monoisotopic (exact) mass is 711 g/mol. The third kappa shape index (κ3) is 4.70. The van der Waals surface area contributed by atoms with Crippen LogP contribution in [0.15, 0.2) is 200 Å². The number of benzene rings is 9. The quantitative estimate of drug-likeness (QED) is 0.175. The molecule has 0 amide bonds. The normalized spacial score (nSPS) is 11.6. The van der Waals surface area contributed by atoms with E-state index < -0.39 is 0 Å². The van der Waals surface area contributed by atoms with Crippen LogP contribution in [0.2, 0.25) is 0 Å². The molecular formula is C53H33N3. The molecular weight excluding hydrogens is 679 g/mol. The van der Waals surface area contributed by atoms with E-state index in [1.807, 2.05) is 12.1 Å². The summed E-state index contributed by atoms with van der Waals surface area (Å²) in [7, 11) is 0. The molecule has 2 heterocycles. The average molecular weight is 712 g/mol. The predicted molar refractivity (Wildman–Crippen MR) is 234 cm³/mol. The molecule has 0 saturated carbocycles. The molecule has 2 aromatic heterocycles. The summed E-state index contributed by atoms with van der Waals surface area (Å²) in [5, 5.41) is 17.0. The highest BCUT2D eigenvalue weighted by Gasteiger charge is 2.28. The molecule has 0 aliphatic carbocycles. The second kappa shape index (κ2) is 12.7. The molecule has 9 aromatic carbocycles. The van der Waals surface area contributed by atoms with Crippen LogP contribution in [0.4, 0.5) is 0 Å². The molecule has 0 spiro atoms. The molecule has 0 aliphatic rings. The second-order valence-corrected chi connectivity index (χ2v) is 14.3. The second-order valence-electron chi connectivity index (χ2n) is 14.3. The zero-order valence-electron chi connectivity index (χ0n) is 30.4. The Labute approximate surface area is 324 Å². The fourth-order valence-electron chi connectivity index (χ4n) is 9.04. The summed E-state index contributed by atoms with van der Waals surface area (Å²) < 4.78 is 4.94. The van der Waals surface area contributed by atoms with Crippen LogP contribution in [0.5, 0.6) is 0 Å². The van der Waals surface area contributed by atoms with E-state index in [9.17, 15) is 5.26 Å². The molecule has 56 heavy (non-hydrogen) atoms. The summed E-state index contributed by atoms with van der Waals surface area (Å²) >= 11 is 0. The molecule has 11 aromatic rings. The third-order valence-electron chi connectivity index (χ3n) is 11.3. The standard InChI is InChI=1S/C53H33N3/c54-34-39-20-14-18-36-19-15-27-42(47(36)39)35-30-32-38(33-31-35)49-51-44-26-11-13-29-46(44)55(40-21-6-2-7-22-40)52(51)48(37-16-4-1-5-17-37)50-43-25-10-12-28-45(43)56(53(49)50)41-23-8-3-9-24-41/h1-33H. The topological polar surface area (TPSA) is 33.6 Å². The van der Waals surface area contributed by atoms with Crippen LogP contribution in [0.25, 0.3) is 99.1 Å². The van der Waals surface area contributed by atoms with Crippen LogP contribution < -0.4 is 0 Å². The number of aromatic nitrogens is 2. The number of nitrogens with zero attached hydrogens (tertiary/aromatic N) is 3. The van der Waals surface area contributed by atoms with Crippen LogP contribution in [-0.2, 0) is 0 Å². The van der Waals surface area contributed by atoms with E-state index in [0.29, 0.717) is 5.56 Å². The Hall–Kier alpha value is -7.67. The molecule has 0 unspecified atom stereocenters. The number of hydrogen-bond donors (Lipinski definition) is 0. The average Bonchev–Trinajstić information content (AvgIpc) is 3.80. The summed E-state index contributed by atoms with van der Waals surface area (Å²) in [5.41, 5.74) is 14.4. The molecule has 0 saturated heterocycles. The maximum atomic E-state index is 10.1. The van der Waals surface area contributed by atoms with Gasteiger partial charge in [-0.05, 0) is 70.1 Å². The number of rotatable bonds is 5. The van der Waals surface area contributed by atoms with Crippen molar-refractivity contribution in [1.82, 2.24) is 9.13 Å². The number of fused-ring (bicyclic) bond motifs is 7. The van der Waals surface area contributed by atoms with E-state index in [-0.39, 0.29) is 0 Å². The first-order valence-electron chi connectivity index (χ1n) is 19.0. The molecule has 0 atom stereocenters. The summed E-state index contributed by atoms with van der Waals surface area (Å²) in [6.45, 7) is 0. The Bertz CT molecular complexity index is 3320. The van der Waals surface area contributed by atoms with Crippen molar-refractivity contribution in [2.45, 2.75) is 0 Å². The molecule has 3 nitrogen and oxygen atoms in total. The van der Waals surface area contributed by atoms with E-state index in [0.717, 1.165) is 49.9 Å². The lowest BCUT2D eigenvalue weighted by atomic mass is 9.88. The minimum atomic E-state index is 0.684. The molecule has 260 valence electrons.